The predicted octanol–water partition coefficient (Wildman–Crippen LogP) is 4.17. The molecule has 0 radical (unpaired) electrons. The Hall–Kier alpha value is -1.68. The lowest BCUT2D eigenvalue weighted by Crippen LogP contribution is -2.19. The third-order valence-corrected chi connectivity index (χ3v) is 5.14. The fraction of sp³-hybridized carbons (Fsp3) is 0.600. The van der Waals surface area contributed by atoms with Crippen molar-refractivity contribution in [3.63, 3.8) is 0 Å². The molecule has 0 spiro atoms. The molecule has 4 rings (SSSR count). The molecule has 2 fully saturated rings. The summed E-state index contributed by atoms with van der Waals surface area (Å²) < 4.78 is 2.18. The van der Waals surface area contributed by atoms with Crippen LogP contribution >= 0.6 is 0 Å². The van der Waals surface area contributed by atoms with Gasteiger partial charge in [0.25, 0.3) is 0 Å². The SMILES string of the molecule is CC(C)(C)c1ccc(-c2nc(CN3CCCC3)nn2C2CC2)cc1. The molecule has 2 heterocycles. The van der Waals surface area contributed by atoms with Gasteiger partial charge in [-0.3, -0.25) is 4.90 Å². The van der Waals surface area contributed by atoms with Crippen LogP contribution < -0.4 is 0 Å². The van der Waals surface area contributed by atoms with Crippen LogP contribution in [-0.2, 0) is 12.0 Å². The van der Waals surface area contributed by atoms with Crippen LogP contribution in [0.4, 0.5) is 0 Å². The number of rotatable bonds is 4. The standard InChI is InChI=1S/C20H28N4/c1-20(2,3)16-8-6-15(7-9-16)19-21-18(14-23-12-4-5-13-23)22-24(19)17-10-11-17/h6-9,17H,4-5,10-14H2,1-3H3. The molecular formula is C20H28N4. The summed E-state index contributed by atoms with van der Waals surface area (Å²) in [5.41, 5.74) is 2.74. The lowest BCUT2D eigenvalue weighted by Gasteiger charge is -2.19. The highest BCUT2D eigenvalue weighted by Crippen LogP contribution is 2.37. The molecule has 1 saturated heterocycles. The first-order valence-corrected chi connectivity index (χ1v) is 9.29. The number of hydrogen-bond donors (Lipinski definition) is 0. The zero-order valence-electron chi connectivity index (χ0n) is 15.1. The minimum Gasteiger partial charge on any atom is -0.296 e. The molecule has 4 nitrogen and oxygen atoms in total. The van der Waals surface area contributed by atoms with E-state index in [2.05, 4.69) is 54.6 Å². The molecule has 0 amide bonds. The highest BCUT2D eigenvalue weighted by molar-refractivity contribution is 5.56. The second-order valence-electron chi connectivity index (χ2n) is 8.34. The summed E-state index contributed by atoms with van der Waals surface area (Å²) in [7, 11) is 0. The molecule has 128 valence electrons. The van der Waals surface area contributed by atoms with E-state index in [9.17, 15) is 0 Å². The molecule has 4 heteroatoms. The van der Waals surface area contributed by atoms with Crippen LogP contribution in [0.25, 0.3) is 11.4 Å². The van der Waals surface area contributed by atoms with Crippen molar-refractivity contribution in [3.05, 3.63) is 35.7 Å². The first-order valence-electron chi connectivity index (χ1n) is 9.29. The largest absolute Gasteiger partial charge is 0.296 e. The van der Waals surface area contributed by atoms with E-state index in [0.29, 0.717) is 6.04 Å². The Labute approximate surface area is 144 Å². The Morgan fingerprint density at radius 3 is 2.29 bits per heavy atom. The Morgan fingerprint density at radius 1 is 1.04 bits per heavy atom. The average molecular weight is 324 g/mol. The highest BCUT2D eigenvalue weighted by Gasteiger charge is 2.29. The summed E-state index contributed by atoms with van der Waals surface area (Å²) in [4.78, 5) is 7.38. The van der Waals surface area contributed by atoms with Gasteiger partial charge in [-0.15, -0.1) is 0 Å². The van der Waals surface area contributed by atoms with E-state index in [1.54, 1.807) is 0 Å². The van der Waals surface area contributed by atoms with Crippen molar-refractivity contribution in [1.29, 1.82) is 0 Å². The molecule has 2 aromatic rings. The smallest absolute Gasteiger partial charge is 0.165 e. The van der Waals surface area contributed by atoms with E-state index in [1.807, 2.05) is 0 Å². The molecule has 1 aromatic carbocycles. The van der Waals surface area contributed by atoms with E-state index in [0.717, 1.165) is 18.2 Å². The van der Waals surface area contributed by atoms with Crippen molar-refractivity contribution < 1.29 is 0 Å². The van der Waals surface area contributed by atoms with Gasteiger partial charge in [0, 0.05) is 5.56 Å². The van der Waals surface area contributed by atoms with E-state index >= 15 is 0 Å². The molecule has 2 aliphatic rings. The van der Waals surface area contributed by atoms with E-state index in [-0.39, 0.29) is 5.41 Å². The number of hydrogen-bond acceptors (Lipinski definition) is 3. The van der Waals surface area contributed by atoms with Crippen LogP contribution in [-0.4, -0.2) is 32.8 Å². The lowest BCUT2D eigenvalue weighted by atomic mass is 9.87. The maximum absolute atomic E-state index is 4.91. The Balaban J connectivity index is 1.62. The molecule has 24 heavy (non-hydrogen) atoms. The van der Waals surface area contributed by atoms with Crippen molar-refractivity contribution in [3.8, 4) is 11.4 Å². The topological polar surface area (TPSA) is 34.0 Å². The first-order chi connectivity index (χ1) is 11.5. The summed E-state index contributed by atoms with van der Waals surface area (Å²) in [6.07, 6.45) is 5.09. The number of aromatic nitrogens is 3. The van der Waals surface area contributed by atoms with Gasteiger partial charge in [0.05, 0.1) is 12.6 Å². The number of likely N-dealkylation sites (tertiary alicyclic amines) is 1. The first kappa shape index (κ1) is 15.8. The average Bonchev–Trinajstić information content (AvgIpc) is 3.11. The molecule has 0 atom stereocenters. The fourth-order valence-electron chi connectivity index (χ4n) is 3.47. The normalized spacial score (nSPS) is 19.1. The van der Waals surface area contributed by atoms with Crippen LogP contribution in [0.15, 0.2) is 24.3 Å². The van der Waals surface area contributed by atoms with Crippen molar-refractivity contribution in [2.45, 2.75) is 64.5 Å². The maximum atomic E-state index is 4.91. The van der Waals surface area contributed by atoms with Crippen LogP contribution in [0.5, 0.6) is 0 Å². The zero-order chi connectivity index (χ0) is 16.7. The second-order valence-corrected chi connectivity index (χ2v) is 8.34. The van der Waals surface area contributed by atoms with E-state index in [4.69, 9.17) is 10.1 Å². The lowest BCUT2D eigenvalue weighted by molar-refractivity contribution is 0.321. The van der Waals surface area contributed by atoms with Crippen LogP contribution in [0.3, 0.4) is 0 Å². The zero-order valence-corrected chi connectivity index (χ0v) is 15.1. The van der Waals surface area contributed by atoms with Crippen molar-refractivity contribution in [2.75, 3.05) is 13.1 Å². The molecule has 1 aromatic heterocycles. The van der Waals surface area contributed by atoms with Gasteiger partial charge in [0.15, 0.2) is 11.6 Å². The summed E-state index contributed by atoms with van der Waals surface area (Å²) >= 11 is 0. The van der Waals surface area contributed by atoms with Gasteiger partial charge in [0.2, 0.25) is 0 Å². The Morgan fingerprint density at radius 2 is 1.71 bits per heavy atom. The minimum absolute atomic E-state index is 0.184. The summed E-state index contributed by atoms with van der Waals surface area (Å²) in [5, 5.41) is 4.85. The molecule has 1 saturated carbocycles. The molecule has 1 aliphatic carbocycles. The minimum atomic E-state index is 0.184. The van der Waals surface area contributed by atoms with Crippen molar-refractivity contribution >= 4 is 0 Å². The third kappa shape index (κ3) is 3.25. The van der Waals surface area contributed by atoms with Crippen molar-refractivity contribution in [2.24, 2.45) is 0 Å². The van der Waals surface area contributed by atoms with Gasteiger partial charge in [-0.2, -0.15) is 5.10 Å². The van der Waals surface area contributed by atoms with Crippen LogP contribution in [0.1, 0.15) is 63.9 Å². The van der Waals surface area contributed by atoms with Crippen LogP contribution in [0, 0.1) is 0 Å². The van der Waals surface area contributed by atoms with Gasteiger partial charge >= 0.3 is 0 Å². The quantitative estimate of drug-likeness (QED) is 0.846. The van der Waals surface area contributed by atoms with E-state index in [1.165, 1.54) is 49.9 Å². The molecular weight excluding hydrogens is 296 g/mol. The Bertz CT molecular complexity index is 698. The monoisotopic (exact) mass is 324 g/mol. The maximum Gasteiger partial charge on any atom is 0.165 e. The number of benzene rings is 1. The summed E-state index contributed by atoms with van der Waals surface area (Å²) in [5.74, 6) is 2.03. The van der Waals surface area contributed by atoms with Crippen LogP contribution in [0.2, 0.25) is 0 Å². The summed E-state index contributed by atoms with van der Waals surface area (Å²) in [6, 6.07) is 9.46. The molecule has 0 bridgehead atoms. The van der Waals surface area contributed by atoms with Gasteiger partial charge in [-0.05, 0) is 49.8 Å². The highest BCUT2D eigenvalue weighted by atomic mass is 15.4. The second kappa shape index (κ2) is 5.99. The third-order valence-electron chi connectivity index (χ3n) is 5.14. The summed E-state index contributed by atoms with van der Waals surface area (Å²) in [6.45, 7) is 10.0. The van der Waals surface area contributed by atoms with Crippen molar-refractivity contribution in [1.82, 2.24) is 19.7 Å². The Kier molecular flexibility index (Phi) is 3.95. The van der Waals surface area contributed by atoms with Gasteiger partial charge in [-0.1, -0.05) is 45.0 Å². The number of nitrogens with zero attached hydrogens (tertiary/aromatic N) is 4. The predicted molar refractivity (Wildman–Crippen MR) is 96.9 cm³/mol. The van der Waals surface area contributed by atoms with Gasteiger partial charge in [0.1, 0.15) is 0 Å². The van der Waals surface area contributed by atoms with Gasteiger partial charge < -0.3 is 0 Å². The van der Waals surface area contributed by atoms with E-state index < -0.39 is 0 Å². The fourth-order valence-corrected chi connectivity index (χ4v) is 3.47. The molecule has 0 N–H and O–H groups in total. The molecule has 1 aliphatic heterocycles. The van der Waals surface area contributed by atoms with Gasteiger partial charge in [-0.25, -0.2) is 9.67 Å². The molecule has 0 unspecified atom stereocenters.